The Hall–Kier alpha value is -0.530. The van der Waals surface area contributed by atoms with Crippen molar-refractivity contribution in [1.29, 1.82) is 0 Å². The Balaban J connectivity index is 1.89. The Labute approximate surface area is 68.4 Å². The highest BCUT2D eigenvalue weighted by Gasteiger charge is 2.28. The van der Waals surface area contributed by atoms with Gasteiger partial charge in [0.15, 0.2) is 0 Å². The monoisotopic (exact) mass is 155 g/mol. The van der Waals surface area contributed by atoms with Crippen molar-refractivity contribution >= 4 is 5.91 Å². The summed E-state index contributed by atoms with van der Waals surface area (Å²) in [6.45, 7) is 3.05. The summed E-state index contributed by atoms with van der Waals surface area (Å²) in [5.41, 5.74) is 0. The maximum absolute atomic E-state index is 11.1. The molecular weight excluding hydrogens is 138 g/mol. The number of carbonyl (C=O) groups excluding carboxylic acids is 1. The van der Waals surface area contributed by atoms with Gasteiger partial charge >= 0.3 is 0 Å². The molecule has 0 radical (unpaired) electrons. The molecule has 0 aromatic rings. The summed E-state index contributed by atoms with van der Waals surface area (Å²) < 4.78 is 0. The predicted octanol–water partition coefficient (Wildman–Crippen LogP) is 1.70. The van der Waals surface area contributed by atoms with Gasteiger partial charge in [-0.1, -0.05) is 19.8 Å². The summed E-state index contributed by atoms with van der Waals surface area (Å²) in [5.74, 6) is 0.651. The quantitative estimate of drug-likeness (QED) is 0.601. The standard InChI is InChI=1S/C9H17NO/c1-2-3-4-7-10-9(11)8-5-6-8/h8H,2-7H2,1H3,(H,10,11). The Morgan fingerprint density at radius 3 is 2.73 bits per heavy atom. The maximum atomic E-state index is 11.1. The zero-order valence-electron chi connectivity index (χ0n) is 7.23. The molecule has 1 N–H and O–H groups in total. The number of hydrogen-bond acceptors (Lipinski definition) is 1. The zero-order valence-corrected chi connectivity index (χ0v) is 7.23. The van der Waals surface area contributed by atoms with E-state index in [2.05, 4.69) is 12.2 Å². The molecule has 0 atom stereocenters. The van der Waals surface area contributed by atoms with Crippen molar-refractivity contribution in [3.05, 3.63) is 0 Å². The van der Waals surface area contributed by atoms with E-state index in [9.17, 15) is 4.79 Å². The summed E-state index contributed by atoms with van der Waals surface area (Å²) in [5, 5.41) is 2.94. The van der Waals surface area contributed by atoms with Crippen LogP contribution in [0, 0.1) is 5.92 Å². The Kier molecular flexibility index (Phi) is 3.40. The van der Waals surface area contributed by atoms with Crippen molar-refractivity contribution in [3.63, 3.8) is 0 Å². The van der Waals surface area contributed by atoms with Crippen molar-refractivity contribution < 1.29 is 4.79 Å². The molecular formula is C9H17NO. The van der Waals surface area contributed by atoms with Crippen molar-refractivity contribution in [3.8, 4) is 0 Å². The summed E-state index contributed by atoms with van der Waals surface area (Å²) in [4.78, 5) is 11.1. The number of amides is 1. The second kappa shape index (κ2) is 4.37. The number of unbranched alkanes of at least 4 members (excludes halogenated alkanes) is 2. The summed E-state index contributed by atoms with van der Waals surface area (Å²) in [7, 11) is 0. The van der Waals surface area contributed by atoms with Crippen LogP contribution in [-0.2, 0) is 4.79 Å². The van der Waals surface area contributed by atoms with Gasteiger partial charge < -0.3 is 5.32 Å². The van der Waals surface area contributed by atoms with Gasteiger partial charge in [0, 0.05) is 12.5 Å². The van der Waals surface area contributed by atoms with Crippen LogP contribution in [0.5, 0.6) is 0 Å². The molecule has 2 nitrogen and oxygen atoms in total. The Morgan fingerprint density at radius 1 is 1.45 bits per heavy atom. The van der Waals surface area contributed by atoms with Gasteiger partial charge in [-0.3, -0.25) is 4.79 Å². The summed E-state index contributed by atoms with van der Waals surface area (Å²) in [6, 6.07) is 0. The minimum atomic E-state index is 0.279. The number of rotatable bonds is 5. The van der Waals surface area contributed by atoms with Gasteiger partial charge in [0.1, 0.15) is 0 Å². The molecule has 0 heterocycles. The van der Waals surface area contributed by atoms with Crippen molar-refractivity contribution in [2.75, 3.05) is 6.54 Å². The third kappa shape index (κ3) is 3.40. The van der Waals surface area contributed by atoms with Crippen LogP contribution < -0.4 is 5.32 Å². The minimum absolute atomic E-state index is 0.279. The van der Waals surface area contributed by atoms with E-state index >= 15 is 0 Å². The first-order valence-corrected chi connectivity index (χ1v) is 4.62. The summed E-state index contributed by atoms with van der Waals surface area (Å²) in [6.07, 6.45) is 5.80. The van der Waals surface area contributed by atoms with E-state index in [4.69, 9.17) is 0 Å². The van der Waals surface area contributed by atoms with Crippen LogP contribution in [0.1, 0.15) is 39.0 Å². The van der Waals surface area contributed by atoms with E-state index in [1.54, 1.807) is 0 Å². The number of hydrogen-bond donors (Lipinski definition) is 1. The van der Waals surface area contributed by atoms with E-state index in [-0.39, 0.29) is 5.91 Å². The fourth-order valence-corrected chi connectivity index (χ4v) is 1.08. The molecule has 0 aliphatic heterocycles. The Morgan fingerprint density at radius 2 is 2.18 bits per heavy atom. The fourth-order valence-electron chi connectivity index (χ4n) is 1.08. The van der Waals surface area contributed by atoms with E-state index in [0.29, 0.717) is 5.92 Å². The molecule has 11 heavy (non-hydrogen) atoms. The molecule has 0 bridgehead atoms. The third-order valence-electron chi connectivity index (χ3n) is 2.03. The second-order valence-corrected chi connectivity index (χ2v) is 3.27. The number of carbonyl (C=O) groups is 1. The maximum Gasteiger partial charge on any atom is 0.223 e. The van der Waals surface area contributed by atoms with E-state index < -0.39 is 0 Å². The lowest BCUT2D eigenvalue weighted by Gasteiger charge is -2.01. The van der Waals surface area contributed by atoms with Crippen LogP contribution in [0.3, 0.4) is 0 Å². The molecule has 1 fully saturated rings. The van der Waals surface area contributed by atoms with Gasteiger partial charge in [-0.2, -0.15) is 0 Å². The average molecular weight is 155 g/mol. The highest BCUT2D eigenvalue weighted by atomic mass is 16.2. The number of nitrogens with one attached hydrogen (secondary N) is 1. The smallest absolute Gasteiger partial charge is 0.223 e. The van der Waals surface area contributed by atoms with Crippen LogP contribution in [0.15, 0.2) is 0 Å². The molecule has 0 unspecified atom stereocenters. The molecule has 1 aliphatic carbocycles. The molecule has 0 spiro atoms. The first kappa shape index (κ1) is 8.57. The topological polar surface area (TPSA) is 29.1 Å². The van der Waals surface area contributed by atoms with Gasteiger partial charge in [0.25, 0.3) is 0 Å². The largest absolute Gasteiger partial charge is 0.356 e. The van der Waals surface area contributed by atoms with Crippen LogP contribution in [-0.4, -0.2) is 12.5 Å². The molecule has 2 heteroatoms. The minimum Gasteiger partial charge on any atom is -0.356 e. The average Bonchev–Trinajstić information content (AvgIpc) is 2.79. The van der Waals surface area contributed by atoms with Crippen molar-refractivity contribution in [1.82, 2.24) is 5.32 Å². The van der Waals surface area contributed by atoms with E-state index in [0.717, 1.165) is 25.8 Å². The molecule has 0 saturated heterocycles. The molecule has 1 amide bonds. The SMILES string of the molecule is CCCCCNC(=O)C1CC1. The molecule has 0 aromatic carbocycles. The van der Waals surface area contributed by atoms with Gasteiger partial charge in [-0.15, -0.1) is 0 Å². The predicted molar refractivity (Wildman–Crippen MR) is 45.3 cm³/mol. The molecule has 1 aliphatic rings. The van der Waals surface area contributed by atoms with Gasteiger partial charge in [-0.05, 0) is 19.3 Å². The first-order valence-electron chi connectivity index (χ1n) is 4.62. The van der Waals surface area contributed by atoms with Crippen molar-refractivity contribution in [2.24, 2.45) is 5.92 Å². The van der Waals surface area contributed by atoms with Crippen LogP contribution in [0.4, 0.5) is 0 Å². The fraction of sp³-hybridized carbons (Fsp3) is 0.889. The normalized spacial score (nSPS) is 16.5. The third-order valence-corrected chi connectivity index (χ3v) is 2.03. The van der Waals surface area contributed by atoms with Crippen LogP contribution >= 0.6 is 0 Å². The van der Waals surface area contributed by atoms with Crippen LogP contribution in [0.2, 0.25) is 0 Å². The highest BCUT2D eigenvalue weighted by Crippen LogP contribution is 2.28. The lowest BCUT2D eigenvalue weighted by Crippen LogP contribution is -2.25. The molecule has 1 saturated carbocycles. The van der Waals surface area contributed by atoms with E-state index in [1.165, 1.54) is 12.8 Å². The van der Waals surface area contributed by atoms with Crippen molar-refractivity contribution in [2.45, 2.75) is 39.0 Å². The highest BCUT2D eigenvalue weighted by molar-refractivity contribution is 5.80. The van der Waals surface area contributed by atoms with Gasteiger partial charge in [0.05, 0.1) is 0 Å². The zero-order chi connectivity index (χ0) is 8.10. The lowest BCUT2D eigenvalue weighted by molar-refractivity contribution is -0.122. The Bertz CT molecular complexity index is 130. The first-order chi connectivity index (χ1) is 5.34. The van der Waals surface area contributed by atoms with Gasteiger partial charge in [0.2, 0.25) is 5.91 Å². The second-order valence-electron chi connectivity index (χ2n) is 3.27. The molecule has 1 rings (SSSR count). The van der Waals surface area contributed by atoms with Crippen LogP contribution in [0.25, 0.3) is 0 Å². The molecule has 64 valence electrons. The van der Waals surface area contributed by atoms with Gasteiger partial charge in [-0.25, -0.2) is 0 Å². The molecule has 0 aromatic heterocycles. The summed E-state index contributed by atoms with van der Waals surface area (Å²) >= 11 is 0. The van der Waals surface area contributed by atoms with E-state index in [1.807, 2.05) is 0 Å². The lowest BCUT2D eigenvalue weighted by atomic mass is 10.2.